The number of esters is 4. The summed E-state index contributed by atoms with van der Waals surface area (Å²) in [5.74, 6) is -5.08. The number of aromatic nitrogens is 1. The number of benzene rings is 1. The lowest BCUT2D eigenvalue weighted by Gasteiger charge is -2.40. The van der Waals surface area contributed by atoms with Crippen LogP contribution in [0.5, 0.6) is 0 Å². The van der Waals surface area contributed by atoms with Crippen LogP contribution in [0, 0.1) is 29.1 Å². The zero-order valence-electron chi connectivity index (χ0n) is 27.6. The monoisotopic (exact) mass is 643 g/mol. The summed E-state index contributed by atoms with van der Waals surface area (Å²) in [7, 11) is 0. The molecule has 2 saturated carbocycles. The lowest BCUT2D eigenvalue weighted by Crippen LogP contribution is -2.55. The Bertz CT molecular complexity index is 1610. The Hall–Kier alpha value is -4.60. The smallest absolute Gasteiger partial charge is 0.340 e. The van der Waals surface area contributed by atoms with Crippen LogP contribution in [0.3, 0.4) is 0 Å². The molecule has 3 aliphatic rings. The first-order valence-corrected chi connectivity index (χ1v) is 15.8. The highest BCUT2D eigenvalue weighted by atomic mass is 16.6. The molecule has 0 aliphatic heterocycles. The molecule has 5 rings (SSSR count). The molecule has 2 aromatic rings. The van der Waals surface area contributed by atoms with Crippen LogP contribution in [0.2, 0.25) is 0 Å². The Morgan fingerprint density at radius 1 is 0.915 bits per heavy atom. The number of allylic oxidation sites excluding steroid dienone is 1. The highest BCUT2D eigenvalue weighted by Gasteiger charge is 2.66. The second-order valence-corrected chi connectivity index (χ2v) is 13.5. The topological polar surface area (TPSA) is 135 Å². The van der Waals surface area contributed by atoms with E-state index in [1.54, 1.807) is 56.3 Å². The molecule has 8 atom stereocenters. The van der Waals surface area contributed by atoms with Crippen LogP contribution >= 0.6 is 0 Å². The number of carbonyl (C=O) groups excluding carboxylic acids is 5. The average Bonchev–Trinajstić information content (AvgIpc) is 3.41. The van der Waals surface area contributed by atoms with Gasteiger partial charge in [-0.15, -0.1) is 0 Å². The predicted molar refractivity (Wildman–Crippen MR) is 170 cm³/mol. The molecule has 0 N–H and O–H groups in total. The van der Waals surface area contributed by atoms with Crippen molar-refractivity contribution in [1.82, 2.24) is 4.98 Å². The minimum atomic E-state index is -1.90. The molecule has 47 heavy (non-hydrogen) atoms. The summed E-state index contributed by atoms with van der Waals surface area (Å²) >= 11 is 0. The van der Waals surface area contributed by atoms with Crippen LogP contribution in [0.4, 0.5) is 0 Å². The van der Waals surface area contributed by atoms with Crippen LogP contribution in [0.1, 0.15) is 75.1 Å². The average molecular weight is 644 g/mol. The number of Topliss-reactive ketones (excluding diaryl/α,β-unsaturated/α-hetero) is 1. The molecular formula is C37H41NO9. The first kappa shape index (κ1) is 33.8. The van der Waals surface area contributed by atoms with E-state index in [0.717, 1.165) is 0 Å². The molecule has 3 aliphatic carbocycles. The van der Waals surface area contributed by atoms with E-state index in [-0.39, 0.29) is 40.4 Å². The van der Waals surface area contributed by atoms with Gasteiger partial charge in [-0.1, -0.05) is 51.6 Å². The van der Waals surface area contributed by atoms with E-state index in [0.29, 0.717) is 12.0 Å². The van der Waals surface area contributed by atoms with Gasteiger partial charge in [-0.05, 0) is 66.4 Å². The van der Waals surface area contributed by atoms with Gasteiger partial charge in [0.1, 0.15) is 18.3 Å². The van der Waals surface area contributed by atoms with Gasteiger partial charge in [-0.2, -0.15) is 0 Å². The summed E-state index contributed by atoms with van der Waals surface area (Å²) in [6.07, 6.45) is 1.70. The molecular weight excluding hydrogens is 602 g/mol. The van der Waals surface area contributed by atoms with Gasteiger partial charge in [0.25, 0.3) is 0 Å². The van der Waals surface area contributed by atoms with Gasteiger partial charge in [0.15, 0.2) is 5.60 Å². The minimum Gasteiger partial charge on any atom is -0.458 e. The Kier molecular flexibility index (Phi) is 9.26. The molecule has 0 bridgehead atoms. The summed E-state index contributed by atoms with van der Waals surface area (Å²) in [4.78, 5) is 71.2. The lowest BCUT2D eigenvalue weighted by molar-refractivity contribution is -0.179. The van der Waals surface area contributed by atoms with Crippen LogP contribution in [-0.4, -0.2) is 58.6 Å². The van der Waals surface area contributed by atoms with E-state index < -0.39 is 65.4 Å². The fourth-order valence-electron chi connectivity index (χ4n) is 7.55. The van der Waals surface area contributed by atoms with Gasteiger partial charge >= 0.3 is 23.9 Å². The number of fused-ring (bicyclic) bond motifs is 2. The Morgan fingerprint density at radius 3 is 2.19 bits per heavy atom. The second-order valence-electron chi connectivity index (χ2n) is 13.5. The SMILES string of the molecule is C=C1C(OC(=O)c2cccnc2)CC2C(/C=C(/C)C(=O)C3(OC(C)=O)CC(C)C(OC(=O)c4ccccc4)C3C1OC(C)=O)C2(C)C. The van der Waals surface area contributed by atoms with E-state index in [1.165, 1.54) is 26.2 Å². The first-order valence-electron chi connectivity index (χ1n) is 15.8. The number of ether oxygens (including phenoxy) is 4. The van der Waals surface area contributed by atoms with E-state index in [1.807, 2.05) is 6.08 Å². The van der Waals surface area contributed by atoms with Gasteiger partial charge in [0.05, 0.1) is 17.0 Å². The zero-order chi connectivity index (χ0) is 34.3. The fourth-order valence-corrected chi connectivity index (χ4v) is 7.55. The third-order valence-electron chi connectivity index (χ3n) is 9.98. The highest BCUT2D eigenvalue weighted by Crippen LogP contribution is 2.63. The number of carbonyl (C=O) groups is 5. The molecule has 248 valence electrons. The molecule has 0 radical (unpaired) electrons. The van der Waals surface area contributed by atoms with Crippen molar-refractivity contribution >= 4 is 29.7 Å². The van der Waals surface area contributed by atoms with Crippen LogP contribution < -0.4 is 0 Å². The number of hydrogen-bond donors (Lipinski definition) is 0. The Morgan fingerprint density at radius 2 is 1.57 bits per heavy atom. The van der Waals surface area contributed by atoms with E-state index in [9.17, 15) is 24.0 Å². The maximum atomic E-state index is 14.7. The van der Waals surface area contributed by atoms with Crippen molar-refractivity contribution in [2.75, 3.05) is 0 Å². The summed E-state index contributed by atoms with van der Waals surface area (Å²) in [5.41, 5.74) is -1.11. The summed E-state index contributed by atoms with van der Waals surface area (Å²) in [6, 6.07) is 11.5. The fraction of sp³-hybridized carbons (Fsp3) is 0.459. The van der Waals surface area contributed by atoms with E-state index in [4.69, 9.17) is 18.9 Å². The van der Waals surface area contributed by atoms with E-state index >= 15 is 0 Å². The van der Waals surface area contributed by atoms with Crippen molar-refractivity contribution in [3.63, 3.8) is 0 Å². The first-order chi connectivity index (χ1) is 22.2. The van der Waals surface area contributed by atoms with Crippen molar-refractivity contribution < 1.29 is 42.9 Å². The van der Waals surface area contributed by atoms with Gasteiger partial charge in [-0.3, -0.25) is 19.4 Å². The zero-order valence-corrected chi connectivity index (χ0v) is 27.6. The summed E-state index contributed by atoms with van der Waals surface area (Å²) in [6.45, 7) is 14.3. The largest absolute Gasteiger partial charge is 0.458 e. The Labute approximate surface area is 274 Å². The van der Waals surface area contributed by atoms with Crippen LogP contribution in [0.25, 0.3) is 0 Å². The van der Waals surface area contributed by atoms with Gasteiger partial charge in [0, 0.05) is 38.2 Å². The highest BCUT2D eigenvalue weighted by molar-refractivity contribution is 6.03. The maximum absolute atomic E-state index is 14.7. The molecule has 10 nitrogen and oxygen atoms in total. The van der Waals surface area contributed by atoms with Crippen LogP contribution in [-0.2, 0) is 33.3 Å². The second kappa shape index (κ2) is 12.9. The number of ketones is 1. The van der Waals surface area contributed by atoms with Crippen LogP contribution in [0.15, 0.2) is 78.7 Å². The van der Waals surface area contributed by atoms with Gasteiger partial charge in [-0.25, -0.2) is 9.59 Å². The number of pyridine rings is 1. The summed E-state index contributed by atoms with van der Waals surface area (Å²) < 4.78 is 24.2. The normalized spacial score (nSPS) is 32.3. The van der Waals surface area contributed by atoms with Gasteiger partial charge < -0.3 is 18.9 Å². The number of nitrogens with zero attached hydrogens (tertiary/aromatic N) is 1. The van der Waals surface area contributed by atoms with Crippen molar-refractivity contribution in [3.05, 3.63) is 89.8 Å². The molecule has 0 amide bonds. The van der Waals surface area contributed by atoms with Crippen molar-refractivity contribution in [1.29, 1.82) is 0 Å². The number of hydrogen-bond acceptors (Lipinski definition) is 10. The third-order valence-corrected chi connectivity index (χ3v) is 9.98. The molecule has 0 saturated heterocycles. The summed E-state index contributed by atoms with van der Waals surface area (Å²) in [5, 5.41) is 0. The van der Waals surface area contributed by atoms with Gasteiger partial charge in [0.2, 0.25) is 5.78 Å². The molecule has 1 heterocycles. The van der Waals surface area contributed by atoms with E-state index in [2.05, 4.69) is 25.4 Å². The molecule has 2 fully saturated rings. The predicted octanol–water partition coefficient (Wildman–Crippen LogP) is 5.47. The number of rotatable bonds is 6. The molecule has 10 heteroatoms. The van der Waals surface area contributed by atoms with Crippen molar-refractivity contribution in [3.8, 4) is 0 Å². The lowest BCUT2D eigenvalue weighted by atomic mass is 9.76. The molecule has 1 aromatic heterocycles. The molecule has 8 unspecified atom stereocenters. The standard InChI is InChI=1S/C37H41NO9/c1-20-16-27-28(36(27,6)7)17-29(45-35(43)26-14-11-15-38-19-26)22(3)32(44-23(4)39)30-31(46-34(42)25-12-9-8-10-13-25)21(2)18-37(30,33(20)41)47-24(5)40/h8-16,19,21,27-32H,3,17-18H2,1-2,4-7H3/b20-16-. The van der Waals surface area contributed by atoms with Crippen molar-refractivity contribution in [2.24, 2.45) is 29.1 Å². The minimum absolute atomic E-state index is 0.0172. The quantitative estimate of drug-likeness (QED) is 0.227. The van der Waals surface area contributed by atoms with Crippen molar-refractivity contribution in [2.45, 2.75) is 78.3 Å². The molecule has 0 spiro atoms. The Balaban J connectivity index is 1.68. The third kappa shape index (κ3) is 6.50. The maximum Gasteiger partial charge on any atom is 0.340 e. The molecule has 1 aromatic carbocycles.